The van der Waals surface area contributed by atoms with Crippen molar-refractivity contribution < 1.29 is 4.92 Å². The van der Waals surface area contributed by atoms with E-state index >= 15 is 0 Å². The first kappa shape index (κ1) is 9.85. The van der Waals surface area contributed by atoms with Crippen LogP contribution in [0.2, 0.25) is 0 Å². The normalized spacial score (nSPS) is 10.8. The highest BCUT2D eigenvalue weighted by Crippen LogP contribution is 2.35. The minimum absolute atomic E-state index is 0.0288. The second-order valence-electron chi connectivity index (χ2n) is 3.32. The Morgan fingerprint density at radius 3 is 2.80 bits per heavy atom. The number of nitrogens with zero attached hydrogens (tertiary/aromatic N) is 2. The Morgan fingerprint density at radius 1 is 1.53 bits per heavy atom. The molecule has 0 fully saturated rings. The minimum atomic E-state index is -0.423. The second-order valence-corrected chi connectivity index (χ2v) is 4.36. The molecule has 0 aliphatic rings. The van der Waals surface area contributed by atoms with Crippen LogP contribution >= 0.6 is 11.3 Å². The zero-order valence-electron chi connectivity index (χ0n) is 8.27. The van der Waals surface area contributed by atoms with Gasteiger partial charge in [0.05, 0.1) is 9.62 Å². The average Bonchev–Trinajstić information content (AvgIpc) is 2.53. The van der Waals surface area contributed by atoms with Crippen LogP contribution in [0.25, 0.3) is 10.2 Å². The molecule has 0 unspecified atom stereocenters. The summed E-state index contributed by atoms with van der Waals surface area (Å²) in [6.07, 6.45) is 0. The number of aryl methyl sites for hydroxylation is 2. The number of hydrogen-bond donors (Lipinski definition) is 1. The zero-order chi connectivity index (χ0) is 11.2. The molecule has 0 aliphatic heterocycles. The lowest BCUT2D eigenvalue weighted by molar-refractivity contribution is -0.383. The number of benzene rings is 1. The van der Waals surface area contributed by atoms with E-state index in [0.29, 0.717) is 10.6 Å². The van der Waals surface area contributed by atoms with Gasteiger partial charge in [-0.05, 0) is 25.0 Å². The fourth-order valence-corrected chi connectivity index (χ4v) is 2.37. The summed E-state index contributed by atoms with van der Waals surface area (Å²) in [7, 11) is 0. The molecule has 1 aromatic heterocycles. The topological polar surface area (TPSA) is 82.0 Å². The minimum Gasteiger partial charge on any atom is -0.375 e. The molecule has 0 radical (unpaired) electrons. The van der Waals surface area contributed by atoms with Crippen molar-refractivity contribution in [2.45, 2.75) is 13.8 Å². The van der Waals surface area contributed by atoms with Gasteiger partial charge in [-0.3, -0.25) is 10.1 Å². The van der Waals surface area contributed by atoms with Crippen molar-refractivity contribution in [3.8, 4) is 0 Å². The molecule has 0 saturated carbocycles. The van der Waals surface area contributed by atoms with Gasteiger partial charge in [-0.2, -0.15) is 0 Å². The third-order valence-corrected chi connectivity index (χ3v) is 3.37. The predicted octanol–water partition coefficient (Wildman–Crippen LogP) is 2.40. The number of fused-ring (bicyclic) bond motifs is 1. The summed E-state index contributed by atoms with van der Waals surface area (Å²) < 4.78 is 0.805. The van der Waals surface area contributed by atoms with Crippen molar-refractivity contribution in [2.75, 3.05) is 5.73 Å². The molecule has 5 nitrogen and oxygen atoms in total. The quantitative estimate of drug-likeness (QED) is 0.594. The third-order valence-electron chi connectivity index (χ3n) is 2.37. The molecule has 0 saturated heterocycles. The predicted molar refractivity (Wildman–Crippen MR) is 60.2 cm³/mol. The van der Waals surface area contributed by atoms with Crippen LogP contribution in [0.4, 0.5) is 10.8 Å². The number of aromatic nitrogens is 1. The molecule has 1 aromatic carbocycles. The molecule has 2 aromatic rings. The maximum absolute atomic E-state index is 10.8. The molecule has 6 heteroatoms. The Kier molecular flexibility index (Phi) is 2.08. The molecule has 15 heavy (non-hydrogen) atoms. The summed E-state index contributed by atoms with van der Waals surface area (Å²) in [6, 6.07) is 1.54. The monoisotopic (exact) mass is 223 g/mol. The van der Waals surface area contributed by atoms with Gasteiger partial charge in [0.1, 0.15) is 0 Å². The van der Waals surface area contributed by atoms with Crippen LogP contribution in [-0.4, -0.2) is 9.91 Å². The second kappa shape index (κ2) is 3.16. The smallest absolute Gasteiger partial charge is 0.296 e. The first-order valence-corrected chi connectivity index (χ1v) is 5.13. The lowest BCUT2D eigenvalue weighted by atomic mass is 10.1. The molecule has 0 amide bonds. The number of anilines is 1. The summed E-state index contributed by atoms with van der Waals surface area (Å²) in [5.74, 6) is 0. The first-order chi connectivity index (χ1) is 7.00. The molecule has 2 N–H and O–H groups in total. The lowest BCUT2D eigenvalue weighted by Crippen LogP contribution is -1.92. The van der Waals surface area contributed by atoms with Crippen LogP contribution < -0.4 is 5.73 Å². The fourth-order valence-electron chi connectivity index (χ4n) is 1.46. The highest BCUT2D eigenvalue weighted by molar-refractivity contribution is 7.22. The molecule has 0 spiro atoms. The van der Waals surface area contributed by atoms with Gasteiger partial charge < -0.3 is 5.73 Å². The van der Waals surface area contributed by atoms with E-state index in [2.05, 4.69) is 4.98 Å². The van der Waals surface area contributed by atoms with Gasteiger partial charge in [0.25, 0.3) is 5.69 Å². The van der Waals surface area contributed by atoms with Gasteiger partial charge in [-0.1, -0.05) is 11.3 Å². The molecular weight excluding hydrogens is 214 g/mol. The number of nitrogens with two attached hydrogens (primary N) is 1. The Bertz CT molecular complexity index is 562. The Hall–Kier alpha value is -1.69. The standard InChI is InChI=1S/C9H9N3O2S/c1-4-3-6(12(13)14)7-8(5(4)2)15-9(10)11-7/h3H,1-2H3,(H2,10,11). The number of hydrogen-bond acceptors (Lipinski definition) is 5. The van der Waals surface area contributed by atoms with E-state index in [0.717, 1.165) is 15.8 Å². The van der Waals surface area contributed by atoms with Crippen molar-refractivity contribution in [1.29, 1.82) is 0 Å². The van der Waals surface area contributed by atoms with Gasteiger partial charge in [-0.15, -0.1) is 0 Å². The molecule has 78 valence electrons. The van der Waals surface area contributed by atoms with E-state index in [1.54, 1.807) is 0 Å². The molecular formula is C9H9N3O2S. The number of thiazole rings is 1. The highest BCUT2D eigenvalue weighted by Gasteiger charge is 2.19. The van der Waals surface area contributed by atoms with Crippen LogP contribution in [0.15, 0.2) is 6.07 Å². The molecule has 0 atom stereocenters. The van der Waals surface area contributed by atoms with Gasteiger partial charge in [0.2, 0.25) is 0 Å². The van der Waals surface area contributed by atoms with E-state index in [9.17, 15) is 10.1 Å². The summed E-state index contributed by atoms with van der Waals surface area (Å²) in [5, 5.41) is 11.2. The number of nitrogen functional groups attached to an aromatic ring is 1. The summed E-state index contributed by atoms with van der Waals surface area (Å²) >= 11 is 1.29. The van der Waals surface area contributed by atoms with Crippen molar-refractivity contribution in [3.63, 3.8) is 0 Å². The molecule has 0 aliphatic carbocycles. The lowest BCUT2D eigenvalue weighted by Gasteiger charge is -2.00. The van der Waals surface area contributed by atoms with Crippen molar-refractivity contribution in [2.24, 2.45) is 0 Å². The Labute approximate surface area is 89.7 Å². The van der Waals surface area contributed by atoms with E-state index in [1.807, 2.05) is 13.8 Å². The number of rotatable bonds is 1. The van der Waals surface area contributed by atoms with Gasteiger partial charge in [0, 0.05) is 6.07 Å². The van der Waals surface area contributed by atoms with E-state index < -0.39 is 4.92 Å². The van der Waals surface area contributed by atoms with Gasteiger partial charge >= 0.3 is 0 Å². The van der Waals surface area contributed by atoms with Gasteiger partial charge in [-0.25, -0.2) is 4.98 Å². The Morgan fingerprint density at radius 2 is 2.20 bits per heavy atom. The van der Waals surface area contributed by atoms with Crippen LogP contribution in [0.3, 0.4) is 0 Å². The van der Waals surface area contributed by atoms with E-state index in [1.165, 1.54) is 17.4 Å². The summed E-state index contributed by atoms with van der Waals surface area (Å²) in [6.45, 7) is 3.76. The van der Waals surface area contributed by atoms with Crippen molar-refractivity contribution >= 4 is 32.4 Å². The van der Waals surface area contributed by atoms with Crippen LogP contribution in [0.1, 0.15) is 11.1 Å². The first-order valence-electron chi connectivity index (χ1n) is 4.31. The molecule has 1 heterocycles. The van der Waals surface area contributed by atoms with Crippen molar-refractivity contribution in [3.05, 3.63) is 27.3 Å². The van der Waals surface area contributed by atoms with Crippen LogP contribution in [0.5, 0.6) is 0 Å². The maximum atomic E-state index is 10.8. The number of nitro benzene ring substituents is 1. The number of non-ortho nitro benzene ring substituents is 1. The number of nitro groups is 1. The van der Waals surface area contributed by atoms with Gasteiger partial charge in [0.15, 0.2) is 10.6 Å². The Balaban J connectivity index is 2.93. The fraction of sp³-hybridized carbons (Fsp3) is 0.222. The van der Waals surface area contributed by atoms with E-state index in [-0.39, 0.29) is 5.69 Å². The third kappa shape index (κ3) is 1.42. The zero-order valence-corrected chi connectivity index (χ0v) is 9.09. The van der Waals surface area contributed by atoms with Crippen molar-refractivity contribution in [1.82, 2.24) is 4.98 Å². The molecule has 0 bridgehead atoms. The van der Waals surface area contributed by atoms with Crippen LogP contribution in [-0.2, 0) is 0 Å². The van der Waals surface area contributed by atoms with E-state index in [4.69, 9.17) is 5.73 Å². The SMILES string of the molecule is Cc1cc([N+](=O)[O-])c2nc(N)sc2c1C. The summed E-state index contributed by atoms with van der Waals surface area (Å²) in [5.41, 5.74) is 7.88. The molecule has 2 rings (SSSR count). The summed E-state index contributed by atoms with van der Waals surface area (Å²) in [4.78, 5) is 14.4. The largest absolute Gasteiger partial charge is 0.375 e. The van der Waals surface area contributed by atoms with Crippen LogP contribution in [0, 0.1) is 24.0 Å². The average molecular weight is 223 g/mol. The highest BCUT2D eigenvalue weighted by atomic mass is 32.1. The maximum Gasteiger partial charge on any atom is 0.296 e.